The minimum absolute atomic E-state index is 0.0246. The maximum absolute atomic E-state index is 12.8. The summed E-state index contributed by atoms with van der Waals surface area (Å²) in [5.41, 5.74) is 2.58. The number of nitrogens with zero attached hydrogens (tertiary/aromatic N) is 4. The van der Waals surface area contributed by atoms with Crippen molar-refractivity contribution in [1.82, 2.24) is 19.6 Å². The van der Waals surface area contributed by atoms with E-state index in [1.165, 1.54) is 11.8 Å². The largest absolute Gasteiger partial charge is 0.326 e. The smallest absolute Gasteiger partial charge is 0.253 e. The van der Waals surface area contributed by atoms with E-state index in [4.69, 9.17) is 0 Å². The van der Waals surface area contributed by atoms with Gasteiger partial charge in [-0.25, -0.2) is 9.50 Å². The van der Waals surface area contributed by atoms with Crippen molar-refractivity contribution in [2.24, 2.45) is 5.41 Å². The quantitative estimate of drug-likeness (QED) is 0.502. The zero-order chi connectivity index (χ0) is 21.3. The number of thioether (sulfide) groups is 1. The molecule has 7 nitrogen and oxygen atoms in total. The van der Waals surface area contributed by atoms with Crippen LogP contribution in [0.2, 0.25) is 0 Å². The molecule has 2 heterocycles. The Morgan fingerprint density at radius 2 is 1.76 bits per heavy atom. The number of anilines is 1. The van der Waals surface area contributed by atoms with Crippen LogP contribution in [0.1, 0.15) is 49.4 Å². The van der Waals surface area contributed by atoms with Gasteiger partial charge in [0.1, 0.15) is 0 Å². The van der Waals surface area contributed by atoms with Crippen LogP contribution in [-0.2, 0) is 4.79 Å². The number of ketones is 1. The molecule has 0 saturated carbocycles. The standard InChI is InChI=1S/C21H25N5O2S/c1-12-11-13(2)26-19(22-12)24-20(25-26)29-14(3)17(27)15-7-9-16(10-8-15)23-18(28)21(4,5)6/h7-11,14H,1-6H3,(H,23,28)/t14-/m1/s1. The van der Waals surface area contributed by atoms with Gasteiger partial charge in [0.2, 0.25) is 11.1 Å². The Hall–Kier alpha value is -2.74. The molecule has 3 rings (SSSR count). The van der Waals surface area contributed by atoms with Gasteiger partial charge >= 0.3 is 0 Å². The molecule has 1 atom stereocenters. The Labute approximate surface area is 174 Å². The van der Waals surface area contributed by atoms with Gasteiger partial charge in [0, 0.05) is 28.1 Å². The fraction of sp³-hybridized carbons (Fsp3) is 0.381. The zero-order valence-corrected chi connectivity index (χ0v) is 18.3. The van der Waals surface area contributed by atoms with E-state index >= 15 is 0 Å². The first-order valence-electron chi connectivity index (χ1n) is 9.38. The zero-order valence-electron chi connectivity index (χ0n) is 17.5. The molecule has 1 N–H and O–H groups in total. The summed E-state index contributed by atoms with van der Waals surface area (Å²) in [5, 5.41) is 7.46. The summed E-state index contributed by atoms with van der Waals surface area (Å²) >= 11 is 1.30. The molecular weight excluding hydrogens is 386 g/mol. The molecule has 8 heteroatoms. The number of nitrogens with one attached hydrogen (secondary N) is 1. The highest BCUT2D eigenvalue weighted by Crippen LogP contribution is 2.24. The molecule has 3 aromatic rings. The predicted octanol–water partition coefficient (Wildman–Crippen LogP) is 4.09. The number of fused-ring (bicyclic) bond motifs is 1. The predicted molar refractivity (Wildman–Crippen MR) is 114 cm³/mol. The molecule has 0 bridgehead atoms. The Balaban J connectivity index is 1.70. The molecule has 1 aromatic carbocycles. The number of hydrogen-bond donors (Lipinski definition) is 1. The number of carbonyl (C=O) groups excluding carboxylic acids is 2. The minimum Gasteiger partial charge on any atom is -0.326 e. The lowest BCUT2D eigenvalue weighted by Gasteiger charge is -2.17. The molecule has 0 saturated heterocycles. The highest BCUT2D eigenvalue weighted by Gasteiger charge is 2.22. The Bertz CT molecular complexity index is 1070. The normalized spacial score (nSPS) is 12.8. The highest BCUT2D eigenvalue weighted by molar-refractivity contribution is 8.00. The van der Waals surface area contributed by atoms with E-state index in [1.807, 2.05) is 47.6 Å². The topological polar surface area (TPSA) is 89.3 Å². The van der Waals surface area contributed by atoms with Crippen LogP contribution in [0.3, 0.4) is 0 Å². The minimum atomic E-state index is -0.480. The summed E-state index contributed by atoms with van der Waals surface area (Å²) < 4.78 is 1.68. The Kier molecular flexibility index (Phi) is 5.75. The molecule has 0 aliphatic rings. The van der Waals surface area contributed by atoms with E-state index < -0.39 is 5.41 Å². The van der Waals surface area contributed by atoms with Gasteiger partial charge in [0.15, 0.2) is 5.78 Å². The van der Waals surface area contributed by atoms with E-state index in [-0.39, 0.29) is 16.9 Å². The van der Waals surface area contributed by atoms with Crippen molar-refractivity contribution in [2.45, 2.75) is 51.9 Å². The van der Waals surface area contributed by atoms with Crippen molar-refractivity contribution < 1.29 is 9.59 Å². The molecule has 0 unspecified atom stereocenters. The summed E-state index contributed by atoms with van der Waals surface area (Å²) in [6.45, 7) is 11.2. The van der Waals surface area contributed by atoms with Crippen LogP contribution in [0.25, 0.3) is 5.78 Å². The van der Waals surface area contributed by atoms with Crippen molar-refractivity contribution in [3.05, 3.63) is 47.3 Å². The average Bonchev–Trinajstić information content (AvgIpc) is 3.03. The van der Waals surface area contributed by atoms with Crippen molar-refractivity contribution in [3.63, 3.8) is 0 Å². The van der Waals surface area contributed by atoms with Crippen LogP contribution in [0.15, 0.2) is 35.5 Å². The Morgan fingerprint density at radius 3 is 2.38 bits per heavy atom. The molecule has 0 aliphatic heterocycles. The van der Waals surface area contributed by atoms with E-state index in [0.717, 1.165) is 11.4 Å². The second-order valence-electron chi connectivity index (χ2n) is 8.05. The molecule has 152 valence electrons. The van der Waals surface area contributed by atoms with Gasteiger partial charge in [-0.05, 0) is 51.1 Å². The number of rotatable bonds is 5. The second kappa shape index (κ2) is 7.94. The van der Waals surface area contributed by atoms with Crippen LogP contribution >= 0.6 is 11.8 Å². The van der Waals surface area contributed by atoms with Crippen molar-refractivity contribution in [1.29, 1.82) is 0 Å². The highest BCUT2D eigenvalue weighted by atomic mass is 32.2. The lowest BCUT2D eigenvalue weighted by Crippen LogP contribution is -2.27. The monoisotopic (exact) mass is 411 g/mol. The van der Waals surface area contributed by atoms with Crippen LogP contribution in [-0.4, -0.2) is 36.5 Å². The molecule has 0 aliphatic carbocycles. The van der Waals surface area contributed by atoms with E-state index in [2.05, 4.69) is 20.4 Å². The number of aromatic nitrogens is 4. The third-order valence-corrected chi connectivity index (χ3v) is 5.31. The van der Waals surface area contributed by atoms with E-state index in [0.29, 0.717) is 22.2 Å². The molecular formula is C21H25N5O2S. The van der Waals surface area contributed by atoms with Gasteiger partial charge in [0.25, 0.3) is 5.78 Å². The molecule has 0 radical (unpaired) electrons. The molecule has 29 heavy (non-hydrogen) atoms. The first-order valence-corrected chi connectivity index (χ1v) is 10.3. The SMILES string of the molecule is Cc1cc(C)n2nc(S[C@H](C)C(=O)c3ccc(NC(=O)C(C)(C)C)cc3)nc2n1. The van der Waals surface area contributed by atoms with Gasteiger partial charge in [0.05, 0.1) is 5.25 Å². The summed E-state index contributed by atoms with van der Waals surface area (Å²) in [5.74, 6) is 0.435. The number of aryl methyl sites for hydroxylation is 2. The number of benzene rings is 1. The average molecular weight is 412 g/mol. The van der Waals surface area contributed by atoms with Crippen molar-refractivity contribution in [2.75, 3.05) is 5.32 Å². The first-order chi connectivity index (χ1) is 13.5. The lowest BCUT2D eigenvalue weighted by atomic mass is 9.95. The van der Waals surface area contributed by atoms with Crippen LogP contribution in [0.4, 0.5) is 5.69 Å². The molecule has 2 aromatic heterocycles. The molecule has 0 fully saturated rings. The van der Waals surface area contributed by atoms with Gasteiger partial charge in [-0.15, -0.1) is 5.10 Å². The third kappa shape index (κ3) is 4.82. The van der Waals surface area contributed by atoms with Gasteiger partial charge in [-0.3, -0.25) is 9.59 Å². The summed E-state index contributed by atoms with van der Waals surface area (Å²) in [7, 11) is 0. The number of amides is 1. The van der Waals surface area contributed by atoms with Gasteiger partial charge < -0.3 is 5.32 Å². The number of carbonyl (C=O) groups is 2. The van der Waals surface area contributed by atoms with E-state index in [9.17, 15) is 9.59 Å². The Morgan fingerprint density at radius 1 is 1.10 bits per heavy atom. The first kappa shape index (κ1) is 21.0. The van der Waals surface area contributed by atoms with E-state index in [1.54, 1.807) is 28.8 Å². The number of hydrogen-bond acceptors (Lipinski definition) is 6. The third-order valence-electron chi connectivity index (χ3n) is 4.36. The van der Waals surface area contributed by atoms with Crippen LogP contribution in [0, 0.1) is 19.3 Å². The number of Topliss-reactive ketones (excluding diaryl/α,β-unsaturated/α-hetero) is 1. The lowest BCUT2D eigenvalue weighted by molar-refractivity contribution is -0.123. The summed E-state index contributed by atoms with van der Waals surface area (Å²) in [6.07, 6.45) is 0. The van der Waals surface area contributed by atoms with Crippen LogP contribution in [0.5, 0.6) is 0 Å². The van der Waals surface area contributed by atoms with Crippen molar-refractivity contribution >= 4 is 34.9 Å². The van der Waals surface area contributed by atoms with Gasteiger partial charge in [-0.2, -0.15) is 4.98 Å². The maximum Gasteiger partial charge on any atom is 0.253 e. The fourth-order valence-corrected chi connectivity index (χ4v) is 3.50. The molecule has 0 spiro atoms. The fourth-order valence-electron chi connectivity index (χ4n) is 2.68. The second-order valence-corrected chi connectivity index (χ2v) is 9.36. The molecule has 1 amide bonds. The van der Waals surface area contributed by atoms with Gasteiger partial charge in [-0.1, -0.05) is 32.5 Å². The van der Waals surface area contributed by atoms with Crippen LogP contribution < -0.4 is 5.32 Å². The summed E-state index contributed by atoms with van der Waals surface area (Å²) in [6, 6.07) is 8.87. The summed E-state index contributed by atoms with van der Waals surface area (Å²) in [4.78, 5) is 33.7. The maximum atomic E-state index is 12.8. The van der Waals surface area contributed by atoms with Crippen molar-refractivity contribution in [3.8, 4) is 0 Å².